The van der Waals surface area contributed by atoms with Gasteiger partial charge in [0.2, 0.25) is 0 Å². The van der Waals surface area contributed by atoms with E-state index in [1.54, 1.807) is 6.07 Å². The van der Waals surface area contributed by atoms with E-state index >= 15 is 0 Å². The van der Waals surface area contributed by atoms with E-state index in [4.69, 9.17) is 5.73 Å². The van der Waals surface area contributed by atoms with Gasteiger partial charge in [-0.1, -0.05) is 6.92 Å². The maximum Gasteiger partial charge on any atom is 0.148 e. The standard InChI is InChI=1S/C13H19FN2O/c1-2-13(17)5-7-16(8-6-13)10-3-4-12(15)11(14)9-10/h3-4,9,17H,2,5-8,15H2,1H3. The molecule has 0 unspecified atom stereocenters. The Kier molecular flexibility index (Phi) is 3.24. The van der Waals surface area contributed by atoms with Gasteiger partial charge in [0.15, 0.2) is 0 Å². The smallest absolute Gasteiger partial charge is 0.148 e. The Morgan fingerprint density at radius 1 is 1.41 bits per heavy atom. The van der Waals surface area contributed by atoms with Crippen LogP contribution in [0.3, 0.4) is 0 Å². The zero-order chi connectivity index (χ0) is 12.5. The van der Waals surface area contributed by atoms with Gasteiger partial charge in [-0.05, 0) is 37.5 Å². The van der Waals surface area contributed by atoms with Crippen molar-refractivity contribution in [2.24, 2.45) is 0 Å². The highest BCUT2D eigenvalue weighted by Crippen LogP contribution is 2.29. The maximum absolute atomic E-state index is 13.4. The molecule has 1 aliphatic heterocycles. The van der Waals surface area contributed by atoms with Gasteiger partial charge in [-0.25, -0.2) is 4.39 Å². The van der Waals surface area contributed by atoms with Crippen LogP contribution in [0.5, 0.6) is 0 Å². The molecule has 17 heavy (non-hydrogen) atoms. The van der Waals surface area contributed by atoms with Gasteiger partial charge in [0, 0.05) is 18.8 Å². The monoisotopic (exact) mass is 238 g/mol. The van der Waals surface area contributed by atoms with Crippen molar-refractivity contribution in [3.05, 3.63) is 24.0 Å². The van der Waals surface area contributed by atoms with Crippen LogP contribution in [-0.2, 0) is 0 Å². The summed E-state index contributed by atoms with van der Waals surface area (Å²) >= 11 is 0. The molecule has 0 radical (unpaired) electrons. The number of benzene rings is 1. The van der Waals surface area contributed by atoms with Crippen LogP contribution in [0.15, 0.2) is 18.2 Å². The van der Waals surface area contributed by atoms with Crippen molar-refractivity contribution in [2.75, 3.05) is 23.7 Å². The number of rotatable bonds is 2. The molecule has 0 amide bonds. The largest absolute Gasteiger partial charge is 0.396 e. The summed E-state index contributed by atoms with van der Waals surface area (Å²) in [6, 6.07) is 4.88. The molecule has 0 aromatic heterocycles. The summed E-state index contributed by atoms with van der Waals surface area (Å²) < 4.78 is 13.4. The zero-order valence-corrected chi connectivity index (χ0v) is 10.1. The molecule has 1 aliphatic rings. The fourth-order valence-corrected chi connectivity index (χ4v) is 2.25. The average molecular weight is 238 g/mol. The van der Waals surface area contributed by atoms with E-state index in [-0.39, 0.29) is 11.5 Å². The van der Waals surface area contributed by atoms with E-state index in [0.717, 1.165) is 38.0 Å². The molecule has 0 aliphatic carbocycles. The number of aliphatic hydroxyl groups is 1. The first kappa shape index (κ1) is 12.2. The SMILES string of the molecule is CCC1(O)CCN(c2ccc(N)c(F)c2)CC1. The number of anilines is 2. The third kappa shape index (κ3) is 2.52. The van der Waals surface area contributed by atoms with Crippen LogP contribution in [0, 0.1) is 5.82 Å². The van der Waals surface area contributed by atoms with E-state index in [1.165, 1.54) is 6.07 Å². The lowest BCUT2D eigenvalue weighted by Gasteiger charge is -2.38. The van der Waals surface area contributed by atoms with Gasteiger partial charge in [0.05, 0.1) is 11.3 Å². The molecule has 4 heteroatoms. The van der Waals surface area contributed by atoms with Crippen molar-refractivity contribution >= 4 is 11.4 Å². The number of nitrogen functional groups attached to an aromatic ring is 1. The Hall–Kier alpha value is -1.29. The molecule has 1 fully saturated rings. The molecule has 1 aromatic carbocycles. The highest BCUT2D eigenvalue weighted by Gasteiger charge is 2.30. The minimum Gasteiger partial charge on any atom is -0.396 e. The first-order chi connectivity index (χ1) is 8.04. The van der Waals surface area contributed by atoms with E-state index < -0.39 is 5.60 Å². The zero-order valence-electron chi connectivity index (χ0n) is 10.1. The minimum atomic E-state index is -0.539. The van der Waals surface area contributed by atoms with Crippen molar-refractivity contribution in [2.45, 2.75) is 31.8 Å². The van der Waals surface area contributed by atoms with Gasteiger partial charge in [-0.15, -0.1) is 0 Å². The van der Waals surface area contributed by atoms with Crippen molar-refractivity contribution in [1.29, 1.82) is 0 Å². The normalized spacial score (nSPS) is 19.4. The van der Waals surface area contributed by atoms with Crippen LogP contribution in [0.4, 0.5) is 15.8 Å². The molecule has 0 saturated carbocycles. The predicted molar refractivity (Wildman–Crippen MR) is 67.5 cm³/mol. The number of halogens is 1. The predicted octanol–water partition coefficient (Wildman–Crippen LogP) is 2.15. The molecule has 0 bridgehead atoms. The summed E-state index contributed by atoms with van der Waals surface area (Å²) in [5, 5.41) is 10.1. The Morgan fingerprint density at radius 2 is 2.06 bits per heavy atom. The quantitative estimate of drug-likeness (QED) is 0.776. The summed E-state index contributed by atoms with van der Waals surface area (Å²) in [7, 11) is 0. The summed E-state index contributed by atoms with van der Waals surface area (Å²) in [4.78, 5) is 2.09. The number of hydrogen-bond donors (Lipinski definition) is 2. The molecule has 0 atom stereocenters. The fraction of sp³-hybridized carbons (Fsp3) is 0.538. The molecule has 3 N–H and O–H groups in total. The van der Waals surface area contributed by atoms with Crippen molar-refractivity contribution in [3.8, 4) is 0 Å². The second-order valence-corrected chi connectivity index (χ2v) is 4.77. The Labute approximate surface area is 101 Å². The highest BCUT2D eigenvalue weighted by atomic mass is 19.1. The molecule has 2 rings (SSSR count). The summed E-state index contributed by atoms with van der Waals surface area (Å²) in [6.45, 7) is 3.51. The van der Waals surface area contributed by atoms with Crippen molar-refractivity contribution in [1.82, 2.24) is 0 Å². The van der Waals surface area contributed by atoms with E-state index in [9.17, 15) is 9.50 Å². The molecule has 0 spiro atoms. The lowest BCUT2D eigenvalue weighted by atomic mass is 9.89. The van der Waals surface area contributed by atoms with Gasteiger partial charge in [-0.3, -0.25) is 0 Å². The molecule has 1 aromatic rings. The second kappa shape index (κ2) is 4.53. The van der Waals surface area contributed by atoms with Crippen LogP contribution >= 0.6 is 0 Å². The van der Waals surface area contributed by atoms with Crippen LogP contribution < -0.4 is 10.6 Å². The maximum atomic E-state index is 13.4. The molecular weight excluding hydrogens is 219 g/mol. The second-order valence-electron chi connectivity index (χ2n) is 4.77. The summed E-state index contributed by atoms with van der Waals surface area (Å²) in [5.41, 5.74) is 5.93. The van der Waals surface area contributed by atoms with Gasteiger partial charge in [-0.2, -0.15) is 0 Å². The fourth-order valence-electron chi connectivity index (χ4n) is 2.25. The number of nitrogens with zero attached hydrogens (tertiary/aromatic N) is 1. The molecule has 3 nitrogen and oxygen atoms in total. The van der Waals surface area contributed by atoms with Gasteiger partial charge in [0.1, 0.15) is 5.82 Å². The van der Waals surface area contributed by atoms with Crippen LogP contribution in [0.1, 0.15) is 26.2 Å². The average Bonchev–Trinajstić information content (AvgIpc) is 2.34. The lowest BCUT2D eigenvalue weighted by Crippen LogP contribution is -2.44. The van der Waals surface area contributed by atoms with Crippen molar-refractivity contribution < 1.29 is 9.50 Å². The van der Waals surface area contributed by atoms with E-state index in [0.29, 0.717) is 0 Å². The van der Waals surface area contributed by atoms with Crippen LogP contribution in [0.2, 0.25) is 0 Å². The Morgan fingerprint density at radius 3 is 2.59 bits per heavy atom. The van der Waals surface area contributed by atoms with Crippen molar-refractivity contribution in [3.63, 3.8) is 0 Å². The van der Waals surface area contributed by atoms with Crippen LogP contribution in [0.25, 0.3) is 0 Å². The molecular formula is C13H19FN2O. The van der Waals surface area contributed by atoms with Gasteiger partial charge in [0.25, 0.3) is 0 Å². The van der Waals surface area contributed by atoms with Gasteiger partial charge >= 0.3 is 0 Å². The third-order valence-corrected chi connectivity index (χ3v) is 3.70. The third-order valence-electron chi connectivity index (χ3n) is 3.70. The topological polar surface area (TPSA) is 49.5 Å². The van der Waals surface area contributed by atoms with Crippen LogP contribution in [-0.4, -0.2) is 23.8 Å². The van der Waals surface area contributed by atoms with E-state index in [1.807, 2.05) is 13.0 Å². The molecule has 1 heterocycles. The Bertz CT molecular complexity index is 400. The molecule has 1 saturated heterocycles. The minimum absolute atomic E-state index is 0.177. The number of nitrogens with two attached hydrogens (primary N) is 1. The van der Waals surface area contributed by atoms with Gasteiger partial charge < -0.3 is 15.7 Å². The summed E-state index contributed by atoms with van der Waals surface area (Å²) in [6.07, 6.45) is 2.24. The lowest BCUT2D eigenvalue weighted by molar-refractivity contribution is 0.0126. The first-order valence-corrected chi connectivity index (χ1v) is 6.06. The first-order valence-electron chi connectivity index (χ1n) is 6.06. The Balaban J connectivity index is 2.08. The molecule has 94 valence electrons. The number of hydrogen-bond acceptors (Lipinski definition) is 3. The number of piperidine rings is 1. The van der Waals surface area contributed by atoms with E-state index in [2.05, 4.69) is 4.90 Å². The highest BCUT2D eigenvalue weighted by molar-refractivity contribution is 5.54. The summed E-state index contributed by atoms with van der Waals surface area (Å²) in [5.74, 6) is -0.376.